The van der Waals surface area contributed by atoms with Gasteiger partial charge < -0.3 is 5.32 Å². The van der Waals surface area contributed by atoms with Crippen LogP contribution in [0.1, 0.15) is 12.0 Å². The standard InChI is InChI=1S/C19H17BrClN3O2/c20-14-3-6-17-16(11-14)19(26)24(12-23-17)10-8-18(25)22-9-7-13-1-4-15(21)5-2-13/h1-6,11-12H,7-10H2,(H,22,25). The number of aromatic nitrogens is 2. The molecule has 0 aliphatic rings. The van der Waals surface area contributed by atoms with Gasteiger partial charge in [0.05, 0.1) is 17.2 Å². The Hall–Kier alpha value is -2.18. The van der Waals surface area contributed by atoms with Crippen LogP contribution in [-0.2, 0) is 17.8 Å². The molecule has 0 spiro atoms. The second-order valence-corrected chi connectivity index (χ2v) is 7.23. The predicted molar refractivity (Wildman–Crippen MR) is 106 cm³/mol. The molecule has 2 aromatic carbocycles. The van der Waals surface area contributed by atoms with E-state index < -0.39 is 0 Å². The van der Waals surface area contributed by atoms with Crippen molar-refractivity contribution in [1.82, 2.24) is 14.9 Å². The summed E-state index contributed by atoms with van der Waals surface area (Å²) in [5, 5.41) is 4.09. The Kier molecular flexibility index (Phi) is 6.06. The molecule has 1 heterocycles. The highest BCUT2D eigenvalue weighted by atomic mass is 79.9. The number of carbonyl (C=O) groups excluding carboxylic acids is 1. The number of nitrogens with one attached hydrogen (secondary N) is 1. The lowest BCUT2D eigenvalue weighted by Gasteiger charge is -2.08. The van der Waals surface area contributed by atoms with Crippen LogP contribution in [-0.4, -0.2) is 22.0 Å². The molecule has 5 nitrogen and oxygen atoms in total. The SMILES string of the molecule is O=C(CCn1cnc2ccc(Br)cc2c1=O)NCCc1ccc(Cl)cc1. The van der Waals surface area contributed by atoms with Gasteiger partial charge in [0.25, 0.3) is 5.56 Å². The van der Waals surface area contributed by atoms with E-state index in [2.05, 4.69) is 26.2 Å². The Morgan fingerprint density at radius 1 is 1.19 bits per heavy atom. The number of hydrogen-bond donors (Lipinski definition) is 1. The van der Waals surface area contributed by atoms with Crippen LogP contribution in [0, 0.1) is 0 Å². The largest absolute Gasteiger partial charge is 0.356 e. The van der Waals surface area contributed by atoms with Crippen LogP contribution in [0.3, 0.4) is 0 Å². The molecule has 1 aromatic heterocycles. The topological polar surface area (TPSA) is 64.0 Å². The molecular formula is C19H17BrClN3O2. The first kappa shape index (κ1) is 18.6. The minimum Gasteiger partial charge on any atom is -0.356 e. The van der Waals surface area contributed by atoms with Crippen LogP contribution in [0.2, 0.25) is 5.02 Å². The molecule has 1 N–H and O–H groups in total. The van der Waals surface area contributed by atoms with Gasteiger partial charge in [-0.15, -0.1) is 0 Å². The molecule has 0 radical (unpaired) electrons. The minimum atomic E-state index is -0.148. The van der Waals surface area contributed by atoms with Crippen molar-refractivity contribution in [2.75, 3.05) is 6.54 Å². The van der Waals surface area contributed by atoms with Gasteiger partial charge in [0.2, 0.25) is 5.91 Å². The van der Waals surface area contributed by atoms with Gasteiger partial charge in [-0.2, -0.15) is 0 Å². The van der Waals surface area contributed by atoms with E-state index in [0.717, 1.165) is 16.5 Å². The smallest absolute Gasteiger partial charge is 0.261 e. The Balaban J connectivity index is 1.54. The fourth-order valence-corrected chi connectivity index (χ4v) is 3.09. The molecular weight excluding hydrogens is 418 g/mol. The summed E-state index contributed by atoms with van der Waals surface area (Å²) in [6.07, 6.45) is 2.44. The molecule has 0 aliphatic carbocycles. The summed E-state index contributed by atoms with van der Waals surface area (Å²) in [6.45, 7) is 0.833. The molecule has 0 saturated carbocycles. The highest BCUT2D eigenvalue weighted by molar-refractivity contribution is 9.10. The van der Waals surface area contributed by atoms with E-state index in [9.17, 15) is 9.59 Å². The van der Waals surface area contributed by atoms with Crippen molar-refractivity contribution in [3.63, 3.8) is 0 Å². The maximum atomic E-state index is 12.5. The molecule has 0 atom stereocenters. The zero-order chi connectivity index (χ0) is 18.5. The van der Waals surface area contributed by atoms with Crippen LogP contribution >= 0.6 is 27.5 Å². The molecule has 3 aromatic rings. The summed E-state index contributed by atoms with van der Waals surface area (Å²) < 4.78 is 2.29. The van der Waals surface area contributed by atoms with E-state index in [1.54, 1.807) is 12.1 Å². The molecule has 0 aliphatic heterocycles. The average Bonchev–Trinajstić information content (AvgIpc) is 2.63. The lowest BCUT2D eigenvalue weighted by Crippen LogP contribution is -2.29. The zero-order valence-corrected chi connectivity index (χ0v) is 16.3. The number of amides is 1. The summed E-state index contributed by atoms with van der Waals surface area (Å²) in [5.74, 6) is -0.0970. The quantitative estimate of drug-likeness (QED) is 0.645. The van der Waals surface area contributed by atoms with E-state index in [0.29, 0.717) is 29.0 Å². The number of fused-ring (bicyclic) bond motifs is 1. The maximum Gasteiger partial charge on any atom is 0.261 e. The Labute approximate surface area is 164 Å². The van der Waals surface area contributed by atoms with Crippen molar-refractivity contribution in [2.24, 2.45) is 0 Å². The molecule has 3 rings (SSSR count). The van der Waals surface area contributed by atoms with Crippen LogP contribution in [0.25, 0.3) is 10.9 Å². The first-order valence-electron chi connectivity index (χ1n) is 8.19. The summed E-state index contributed by atoms with van der Waals surface area (Å²) in [4.78, 5) is 28.8. The van der Waals surface area contributed by atoms with Crippen molar-refractivity contribution in [3.05, 3.63) is 74.2 Å². The lowest BCUT2D eigenvalue weighted by atomic mass is 10.1. The lowest BCUT2D eigenvalue weighted by molar-refractivity contribution is -0.121. The first-order valence-corrected chi connectivity index (χ1v) is 9.36. The second kappa shape index (κ2) is 8.47. The highest BCUT2D eigenvalue weighted by Gasteiger charge is 2.07. The van der Waals surface area contributed by atoms with Crippen molar-refractivity contribution >= 4 is 44.3 Å². The van der Waals surface area contributed by atoms with Gasteiger partial charge in [0, 0.05) is 29.0 Å². The van der Waals surface area contributed by atoms with Gasteiger partial charge in [-0.25, -0.2) is 4.98 Å². The zero-order valence-electron chi connectivity index (χ0n) is 13.9. The minimum absolute atomic E-state index is 0.0970. The van der Waals surface area contributed by atoms with E-state index in [-0.39, 0.29) is 17.9 Å². The van der Waals surface area contributed by atoms with E-state index in [4.69, 9.17) is 11.6 Å². The Morgan fingerprint density at radius 2 is 1.96 bits per heavy atom. The van der Waals surface area contributed by atoms with Gasteiger partial charge in [-0.1, -0.05) is 39.7 Å². The Bertz CT molecular complexity index is 986. The molecule has 134 valence electrons. The van der Waals surface area contributed by atoms with Gasteiger partial charge >= 0.3 is 0 Å². The van der Waals surface area contributed by atoms with Crippen LogP contribution in [0.4, 0.5) is 0 Å². The molecule has 0 unspecified atom stereocenters. The van der Waals surface area contributed by atoms with E-state index >= 15 is 0 Å². The van der Waals surface area contributed by atoms with Gasteiger partial charge in [0.15, 0.2) is 0 Å². The number of hydrogen-bond acceptors (Lipinski definition) is 3. The summed E-state index contributed by atoms with van der Waals surface area (Å²) >= 11 is 9.21. The predicted octanol–water partition coefficient (Wildman–Crippen LogP) is 3.56. The summed E-state index contributed by atoms with van der Waals surface area (Å²) in [5.41, 5.74) is 1.60. The normalized spacial score (nSPS) is 10.8. The van der Waals surface area contributed by atoms with E-state index in [1.807, 2.05) is 30.3 Å². The summed E-state index contributed by atoms with van der Waals surface area (Å²) in [6, 6.07) is 12.9. The average molecular weight is 435 g/mol. The maximum absolute atomic E-state index is 12.5. The highest BCUT2D eigenvalue weighted by Crippen LogP contribution is 2.14. The monoisotopic (exact) mass is 433 g/mol. The number of halogens is 2. The van der Waals surface area contributed by atoms with Crippen molar-refractivity contribution in [3.8, 4) is 0 Å². The molecule has 0 saturated heterocycles. The molecule has 26 heavy (non-hydrogen) atoms. The van der Waals surface area contributed by atoms with Crippen LogP contribution in [0.5, 0.6) is 0 Å². The van der Waals surface area contributed by atoms with Crippen LogP contribution in [0.15, 0.2) is 58.1 Å². The summed E-state index contributed by atoms with van der Waals surface area (Å²) in [7, 11) is 0. The third-order valence-corrected chi connectivity index (χ3v) is 4.76. The first-order chi connectivity index (χ1) is 12.5. The molecule has 0 fully saturated rings. The third kappa shape index (κ3) is 4.71. The molecule has 1 amide bonds. The number of rotatable bonds is 6. The van der Waals surface area contributed by atoms with E-state index in [1.165, 1.54) is 10.9 Å². The van der Waals surface area contributed by atoms with Gasteiger partial charge in [-0.05, 0) is 42.3 Å². The number of benzene rings is 2. The second-order valence-electron chi connectivity index (χ2n) is 5.88. The molecule has 7 heteroatoms. The van der Waals surface area contributed by atoms with Crippen LogP contribution < -0.4 is 10.9 Å². The fraction of sp³-hybridized carbons (Fsp3) is 0.211. The number of nitrogens with zero attached hydrogens (tertiary/aromatic N) is 2. The van der Waals surface area contributed by atoms with Gasteiger partial charge in [0.1, 0.15) is 0 Å². The van der Waals surface area contributed by atoms with Crippen molar-refractivity contribution in [2.45, 2.75) is 19.4 Å². The van der Waals surface area contributed by atoms with Crippen molar-refractivity contribution < 1.29 is 4.79 Å². The number of aryl methyl sites for hydroxylation is 1. The van der Waals surface area contributed by atoms with Gasteiger partial charge in [-0.3, -0.25) is 14.2 Å². The fourth-order valence-electron chi connectivity index (χ4n) is 2.60. The number of carbonyl (C=O) groups is 1. The Morgan fingerprint density at radius 3 is 2.73 bits per heavy atom. The van der Waals surface area contributed by atoms with Crippen molar-refractivity contribution in [1.29, 1.82) is 0 Å². The molecule has 0 bridgehead atoms. The third-order valence-electron chi connectivity index (χ3n) is 4.01.